The van der Waals surface area contributed by atoms with Crippen LogP contribution in [-0.4, -0.2) is 58.1 Å². The zero-order valence-corrected chi connectivity index (χ0v) is 12.6. The molecule has 2 aromatic heterocycles. The number of hydrogen-bond acceptors (Lipinski definition) is 4. The van der Waals surface area contributed by atoms with Gasteiger partial charge in [0, 0.05) is 32.1 Å². The first kappa shape index (κ1) is 13.6. The van der Waals surface area contributed by atoms with E-state index in [-0.39, 0.29) is 0 Å². The van der Waals surface area contributed by atoms with E-state index >= 15 is 0 Å². The summed E-state index contributed by atoms with van der Waals surface area (Å²) in [7, 11) is 0. The molecule has 0 amide bonds. The lowest BCUT2D eigenvalue weighted by Gasteiger charge is -2.24. The van der Waals surface area contributed by atoms with E-state index in [9.17, 15) is 0 Å². The van der Waals surface area contributed by atoms with Gasteiger partial charge in [-0.1, -0.05) is 0 Å². The Morgan fingerprint density at radius 1 is 1.20 bits per heavy atom. The summed E-state index contributed by atoms with van der Waals surface area (Å²) in [5.74, 6) is 1.85. The molecule has 1 aliphatic rings. The molecule has 20 heavy (non-hydrogen) atoms. The fourth-order valence-electron chi connectivity index (χ4n) is 2.80. The van der Waals surface area contributed by atoms with Gasteiger partial charge >= 0.3 is 0 Å². The number of halogens is 1. The van der Waals surface area contributed by atoms with Gasteiger partial charge in [0.1, 0.15) is 12.1 Å². The molecule has 0 saturated carbocycles. The molecule has 108 valence electrons. The second kappa shape index (κ2) is 5.97. The molecule has 0 atom stereocenters. The van der Waals surface area contributed by atoms with Crippen LogP contribution >= 0.6 is 11.6 Å². The van der Waals surface area contributed by atoms with Crippen molar-refractivity contribution in [3.8, 4) is 0 Å². The van der Waals surface area contributed by atoms with Gasteiger partial charge in [0.25, 0.3) is 0 Å². The van der Waals surface area contributed by atoms with Crippen molar-refractivity contribution in [2.24, 2.45) is 0 Å². The van der Waals surface area contributed by atoms with Crippen molar-refractivity contribution in [2.45, 2.75) is 13.3 Å². The van der Waals surface area contributed by atoms with Crippen LogP contribution < -0.4 is 4.90 Å². The average Bonchev–Trinajstić information content (AvgIpc) is 2.77. The Hall–Kier alpha value is -1.33. The number of rotatable bonds is 3. The third kappa shape index (κ3) is 2.74. The molecule has 5 nitrogen and oxygen atoms in total. The molecule has 0 spiro atoms. The minimum absolute atomic E-state index is 0.706. The van der Waals surface area contributed by atoms with Crippen LogP contribution in [-0.2, 0) is 0 Å². The largest absolute Gasteiger partial charge is 0.355 e. The Labute approximate surface area is 124 Å². The highest BCUT2D eigenvalue weighted by atomic mass is 35.5. The number of anilines is 1. The number of hydrogen-bond donors (Lipinski definition) is 0. The number of alkyl halides is 1. The van der Waals surface area contributed by atoms with E-state index in [0.717, 1.165) is 50.6 Å². The van der Waals surface area contributed by atoms with Gasteiger partial charge in [0.2, 0.25) is 0 Å². The molecule has 2 aromatic rings. The minimum Gasteiger partial charge on any atom is -0.355 e. The van der Waals surface area contributed by atoms with Crippen LogP contribution in [0.1, 0.15) is 12.0 Å². The highest BCUT2D eigenvalue weighted by molar-refractivity contribution is 6.18. The summed E-state index contributed by atoms with van der Waals surface area (Å²) in [6.45, 7) is 7.32. The van der Waals surface area contributed by atoms with Crippen LogP contribution in [0, 0.1) is 6.92 Å². The predicted molar refractivity (Wildman–Crippen MR) is 81.7 cm³/mol. The third-order valence-electron chi connectivity index (χ3n) is 3.82. The predicted octanol–water partition coefficient (Wildman–Crippen LogP) is 1.79. The summed E-state index contributed by atoms with van der Waals surface area (Å²) < 4.78 is 1.93. The molecule has 3 rings (SSSR count). The molecule has 0 radical (unpaired) electrons. The second-order valence-electron chi connectivity index (χ2n) is 5.29. The minimum atomic E-state index is 0.706. The Kier molecular flexibility index (Phi) is 4.08. The van der Waals surface area contributed by atoms with Gasteiger partial charge < -0.3 is 9.80 Å². The zero-order chi connectivity index (χ0) is 13.9. The Balaban J connectivity index is 1.85. The standard InChI is InChI=1S/C14H20ClN5/c1-12-9-13-16-11-17-20(13)14(10-12)19-5-2-4-18(6-3-15)7-8-19/h9-11H,2-8H2,1H3. The third-order valence-corrected chi connectivity index (χ3v) is 3.99. The molecule has 0 aromatic carbocycles. The summed E-state index contributed by atoms with van der Waals surface area (Å²) in [6.07, 6.45) is 2.77. The maximum absolute atomic E-state index is 5.85. The Morgan fingerprint density at radius 3 is 2.95 bits per heavy atom. The molecule has 0 unspecified atom stereocenters. The van der Waals surface area contributed by atoms with E-state index in [2.05, 4.69) is 38.9 Å². The molecule has 0 bridgehead atoms. The maximum Gasteiger partial charge on any atom is 0.157 e. The van der Waals surface area contributed by atoms with Gasteiger partial charge in [-0.3, -0.25) is 0 Å². The molecule has 6 heteroatoms. The van der Waals surface area contributed by atoms with E-state index in [1.54, 1.807) is 6.33 Å². The lowest BCUT2D eigenvalue weighted by Crippen LogP contribution is -2.32. The fourth-order valence-corrected chi connectivity index (χ4v) is 3.04. The van der Waals surface area contributed by atoms with Crippen molar-refractivity contribution in [3.63, 3.8) is 0 Å². The van der Waals surface area contributed by atoms with E-state index in [1.807, 2.05) is 4.52 Å². The van der Waals surface area contributed by atoms with Crippen molar-refractivity contribution in [2.75, 3.05) is 43.5 Å². The van der Waals surface area contributed by atoms with Crippen LogP contribution in [0.3, 0.4) is 0 Å². The van der Waals surface area contributed by atoms with E-state index in [1.165, 1.54) is 5.56 Å². The lowest BCUT2D eigenvalue weighted by atomic mass is 10.2. The SMILES string of the molecule is Cc1cc(N2CCCN(CCCl)CC2)n2ncnc2c1. The summed E-state index contributed by atoms with van der Waals surface area (Å²) in [4.78, 5) is 9.14. The van der Waals surface area contributed by atoms with Gasteiger partial charge in [-0.2, -0.15) is 9.61 Å². The quantitative estimate of drug-likeness (QED) is 0.809. The van der Waals surface area contributed by atoms with Gasteiger partial charge in [0.15, 0.2) is 5.65 Å². The molecule has 3 heterocycles. The average molecular weight is 294 g/mol. The zero-order valence-electron chi connectivity index (χ0n) is 11.8. The van der Waals surface area contributed by atoms with E-state index < -0.39 is 0 Å². The van der Waals surface area contributed by atoms with Gasteiger partial charge in [0.05, 0.1) is 0 Å². The number of fused-ring (bicyclic) bond motifs is 1. The summed E-state index contributed by atoms with van der Waals surface area (Å²) in [5.41, 5.74) is 2.14. The monoisotopic (exact) mass is 293 g/mol. The highest BCUT2D eigenvalue weighted by Gasteiger charge is 2.17. The number of nitrogens with zero attached hydrogens (tertiary/aromatic N) is 5. The van der Waals surface area contributed by atoms with Crippen molar-refractivity contribution in [1.29, 1.82) is 0 Å². The fraction of sp³-hybridized carbons (Fsp3) is 0.571. The molecular formula is C14H20ClN5. The molecule has 1 saturated heterocycles. The van der Waals surface area contributed by atoms with E-state index in [4.69, 9.17) is 11.6 Å². The van der Waals surface area contributed by atoms with Crippen LogP contribution in [0.2, 0.25) is 0 Å². The number of aryl methyl sites for hydroxylation is 1. The molecule has 1 fully saturated rings. The topological polar surface area (TPSA) is 36.7 Å². The number of pyridine rings is 1. The Bertz CT molecular complexity index is 582. The summed E-state index contributed by atoms with van der Waals surface area (Å²) >= 11 is 5.85. The summed E-state index contributed by atoms with van der Waals surface area (Å²) in [6, 6.07) is 4.26. The van der Waals surface area contributed by atoms with Crippen molar-refractivity contribution in [3.05, 3.63) is 24.0 Å². The normalized spacial score (nSPS) is 17.6. The summed E-state index contributed by atoms with van der Waals surface area (Å²) in [5, 5.41) is 4.35. The van der Waals surface area contributed by atoms with Crippen LogP contribution in [0.15, 0.2) is 18.5 Å². The smallest absolute Gasteiger partial charge is 0.157 e. The first-order chi connectivity index (χ1) is 9.78. The maximum atomic E-state index is 5.85. The first-order valence-electron chi connectivity index (χ1n) is 7.11. The highest BCUT2D eigenvalue weighted by Crippen LogP contribution is 2.19. The van der Waals surface area contributed by atoms with E-state index in [0.29, 0.717) is 5.88 Å². The molecular weight excluding hydrogens is 274 g/mol. The Morgan fingerprint density at radius 2 is 2.10 bits per heavy atom. The van der Waals surface area contributed by atoms with Crippen LogP contribution in [0.4, 0.5) is 5.82 Å². The van der Waals surface area contributed by atoms with Crippen molar-refractivity contribution in [1.82, 2.24) is 19.5 Å². The van der Waals surface area contributed by atoms with Crippen LogP contribution in [0.5, 0.6) is 0 Å². The second-order valence-corrected chi connectivity index (χ2v) is 5.67. The van der Waals surface area contributed by atoms with Crippen molar-refractivity contribution < 1.29 is 0 Å². The molecule has 0 N–H and O–H groups in total. The molecule has 0 aliphatic carbocycles. The van der Waals surface area contributed by atoms with Gasteiger partial charge in [-0.05, 0) is 37.6 Å². The molecule has 1 aliphatic heterocycles. The van der Waals surface area contributed by atoms with Gasteiger partial charge in [-0.15, -0.1) is 11.6 Å². The first-order valence-corrected chi connectivity index (χ1v) is 7.65. The van der Waals surface area contributed by atoms with Crippen LogP contribution in [0.25, 0.3) is 5.65 Å². The van der Waals surface area contributed by atoms with Crippen molar-refractivity contribution >= 4 is 23.1 Å². The number of aromatic nitrogens is 3. The van der Waals surface area contributed by atoms with Gasteiger partial charge in [-0.25, -0.2) is 4.98 Å². The lowest BCUT2D eigenvalue weighted by molar-refractivity contribution is 0.311.